The molecule has 0 radical (unpaired) electrons. The number of hydrogen-bond donors (Lipinski definition) is 0. The Bertz CT molecular complexity index is 742. The second-order valence-corrected chi connectivity index (χ2v) is 7.87. The lowest BCUT2D eigenvalue weighted by Crippen LogP contribution is -2.55. The molecule has 0 bridgehead atoms. The topological polar surface area (TPSA) is 62.6 Å². The first-order valence-electron chi connectivity index (χ1n) is 9.68. The molecule has 6 nitrogen and oxygen atoms in total. The molecule has 2 saturated heterocycles. The van der Waals surface area contributed by atoms with Crippen LogP contribution in [0.25, 0.3) is 0 Å². The summed E-state index contributed by atoms with van der Waals surface area (Å²) in [6.45, 7) is 5.17. The van der Waals surface area contributed by atoms with Gasteiger partial charge >= 0.3 is 0 Å². The molecule has 1 aromatic rings. The minimum absolute atomic E-state index is 0.0170. The van der Waals surface area contributed by atoms with Gasteiger partial charge in [0.25, 0.3) is 5.91 Å². The van der Waals surface area contributed by atoms with E-state index in [9.17, 15) is 14.4 Å². The summed E-state index contributed by atoms with van der Waals surface area (Å²) in [7, 11) is 1.66. The highest BCUT2D eigenvalue weighted by Crippen LogP contribution is 2.39. The van der Waals surface area contributed by atoms with E-state index in [-0.39, 0.29) is 22.8 Å². The van der Waals surface area contributed by atoms with E-state index >= 15 is 0 Å². The number of likely N-dealkylation sites (tertiary alicyclic amines) is 2. The maximum absolute atomic E-state index is 12.9. The van der Waals surface area contributed by atoms with Gasteiger partial charge in [0.15, 0.2) is 0 Å². The molecule has 2 aliphatic heterocycles. The second kappa shape index (κ2) is 7.64. The SMILES string of the molecule is CCCCN1C[C@]2(CCCN(C(=O)c3ccc(=O)n(C)c3)C2)CCC1=O. The van der Waals surface area contributed by atoms with Crippen LogP contribution in [0.4, 0.5) is 0 Å². The average Bonchev–Trinajstić information content (AvgIpc) is 2.64. The lowest BCUT2D eigenvalue weighted by Gasteiger charge is -2.48. The van der Waals surface area contributed by atoms with Crippen LogP contribution in [0.1, 0.15) is 55.8 Å². The van der Waals surface area contributed by atoms with Gasteiger partial charge in [0.2, 0.25) is 11.5 Å². The molecule has 3 rings (SSSR count). The zero-order chi connectivity index (χ0) is 18.7. The van der Waals surface area contributed by atoms with E-state index < -0.39 is 0 Å². The molecule has 0 N–H and O–H groups in total. The summed E-state index contributed by atoms with van der Waals surface area (Å²) < 4.78 is 1.44. The van der Waals surface area contributed by atoms with Crippen LogP contribution in [0.15, 0.2) is 23.1 Å². The quantitative estimate of drug-likeness (QED) is 0.826. The van der Waals surface area contributed by atoms with E-state index in [1.54, 1.807) is 19.3 Å². The molecule has 2 aliphatic rings. The van der Waals surface area contributed by atoms with Crippen molar-refractivity contribution >= 4 is 11.8 Å². The molecule has 1 atom stereocenters. The number of carbonyl (C=O) groups excluding carboxylic acids is 2. The number of piperidine rings is 2. The van der Waals surface area contributed by atoms with Gasteiger partial charge in [0.05, 0.1) is 5.56 Å². The van der Waals surface area contributed by atoms with Crippen molar-refractivity contribution in [1.29, 1.82) is 0 Å². The van der Waals surface area contributed by atoms with Crippen LogP contribution in [0.5, 0.6) is 0 Å². The summed E-state index contributed by atoms with van der Waals surface area (Å²) in [5, 5.41) is 0. The largest absolute Gasteiger partial charge is 0.342 e. The van der Waals surface area contributed by atoms with Gasteiger partial charge in [0, 0.05) is 57.3 Å². The van der Waals surface area contributed by atoms with Gasteiger partial charge in [-0.3, -0.25) is 14.4 Å². The van der Waals surface area contributed by atoms with E-state index in [1.807, 2.05) is 9.80 Å². The Morgan fingerprint density at radius 3 is 2.73 bits per heavy atom. The molecule has 142 valence electrons. The second-order valence-electron chi connectivity index (χ2n) is 7.87. The maximum Gasteiger partial charge on any atom is 0.255 e. The molecule has 0 unspecified atom stereocenters. The third-order valence-electron chi connectivity index (χ3n) is 5.81. The minimum Gasteiger partial charge on any atom is -0.342 e. The Labute approximate surface area is 154 Å². The van der Waals surface area contributed by atoms with Crippen LogP contribution in [0.3, 0.4) is 0 Å². The fourth-order valence-electron chi connectivity index (χ4n) is 4.27. The number of hydrogen-bond acceptors (Lipinski definition) is 3. The van der Waals surface area contributed by atoms with Crippen LogP contribution in [0.2, 0.25) is 0 Å². The van der Waals surface area contributed by atoms with Crippen molar-refractivity contribution in [3.05, 3.63) is 34.2 Å². The first-order valence-corrected chi connectivity index (χ1v) is 9.68. The number of carbonyl (C=O) groups is 2. The molecule has 0 aromatic carbocycles. The predicted octanol–water partition coefficient (Wildman–Crippen LogP) is 2.03. The molecule has 2 amide bonds. The Balaban J connectivity index is 1.73. The lowest BCUT2D eigenvalue weighted by molar-refractivity contribution is -0.139. The number of aryl methyl sites for hydroxylation is 1. The molecule has 3 heterocycles. The molecule has 0 saturated carbocycles. The Morgan fingerprint density at radius 2 is 2.00 bits per heavy atom. The van der Waals surface area contributed by atoms with Crippen molar-refractivity contribution in [1.82, 2.24) is 14.4 Å². The van der Waals surface area contributed by atoms with Crippen molar-refractivity contribution in [3.63, 3.8) is 0 Å². The fraction of sp³-hybridized carbons (Fsp3) is 0.650. The Kier molecular flexibility index (Phi) is 5.49. The summed E-state index contributed by atoms with van der Waals surface area (Å²) in [5.41, 5.74) is 0.462. The van der Waals surface area contributed by atoms with Crippen LogP contribution in [-0.4, -0.2) is 52.4 Å². The van der Waals surface area contributed by atoms with E-state index in [0.29, 0.717) is 18.5 Å². The van der Waals surface area contributed by atoms with Crippen LogP contribution in [-0.2, 0) is 11.8 Å². The van der Waals surface area contributed by atoms with E-state index in [0.717, 1.165) is 51.7 Å². The van der Waals surface area contributed by atoms with E-state index in [4.69, 9.17) is 0 Å². The molecule has 6 heteroatoms. The van der Waals surface area contributed by atoms with Crippen molar-refractivity contribution < 1.29 is 9.59 Å². The van der Waals surface area contributed by atoms with Crippen molar-refractivity contribution in [2.75, 3.05) is 26.2 Å². The molecule has 0 aliphatic carbocycles. The first kappa shape index (κ1) is 18.7. The highest BCUT2D eigenvalue weighted by Gasteiger charge is 2.42. The summed E-state index contributed by atoms with van der Waals surface area (Å²) in [6, 6.07) is 3.06. The number of rotatable bonds is 4. The standard InChI is InChI=1S/C20H29N3O3/c1-3-4-11-22-14-20(10-8-18(22)25)9-5-12-23(15-20)19(26)16-6-7-17(24)21(2)13-16/h6-7,13H,3-5,8-12,14-15H2,1-2H3/t20-/m0/s1. The number of unbranched alkanes of at least 4 members (excludes halogenated alkanes) is 1. The summed E-state index contributed by atoms with van der Waals surface area (Å²) in [4.78, 5) is 40.7. The maximum atomic E-state index is 12.9. The molecule has 2 fully saturated rings. The van der Waals surface area contributed by atoms with E-state index in [2.05, 4.69) is 6.92 Å². The number of aromatic nitrogens is 1. The minimum atomic E-state index is -0.117. The highest BCUT2D eigenvalue weighted by molar-refractivity contribution is 5.94. The predicted molar refractivity (Wildman–Crippen MR) is 100.0 cm³/mol. The van der Waals surface area contributed by atoms with Crippen LogP contribution >= 0.6 is 0 Å². The monoisotopic (exact) mass is 359 g/mol. The lowest BCUT2D eigenvalue weighted by atomic mass is 9.73. The molecular weight excluding hydrogens is 330 g/mol. The van der Waals surface area contributed by atoms with Gasteiger partial charge in [-0.15, -0.1) is 0 Å². The van der Waals surface area contributed by atoms with Gasteiger partial charge in [-0.25, -0.2) is 0 Å². The molecule has 1 aromatic heterocycles. The molecule has 26 heavy (non-hydrogen) atoms. The first-order chi connectivity index (χ1) is 12.4. The van der Waals surface area contributed by atoms with Gasteiger partial charge < -0.3 is 14.4 Å². The van der Waals surface area contributed by atoms with Gasteiger partial charge in [-0.1, -0.05) is 13.3 Å². The van der Waals surface area contributed by atoms with Gasteiger partial charge in [0.1, 0.15) is 0 Å². The molecule has 1 spiro atoms. The number of amides is 2. The van der Waals surface area contributed by atoms with Crippen molar-refractivity contribution in [2.45, 2.75) is 45.4 Å². The van der Waals surface area contributed by atoms with Gasteiger partial charge in [-0.05, 0) is 31.7 Å². The number of pyridine rings is 1. The normalized spacial score (nSPS) is 23.5. The Morgan fingerprint density at radius 1 is 1.19 bits per heavy atom. The third-order valence-corrected chi connectivity index (χ3v) is 5.81. The Hall–Kier alpha value is -2.11. The third kappa shape index (κ3) is 3.84. The molecular formula is C20H29N3O3. The summed E-state index contributed by atoms with van der Waals surface area (Å²) in [5.74, 6) is 0.238. The summed E-state index contributed by atoms with van der Waals surface area (Å²) >= 11 is 0. The number of nitrogens with zero attached hydrogens (tertiary/aromatic N) is 3. The van der Waals surface area contributed by atoms with Crippen LogP contribution < -0.4 is 5.56 Å². The summed E-state index contributed by atoms with van der Waals surface area (Å²) in [6.07, 6.45) is 7.21. The fourth-order valence-corrected chi connectivity index (χ4v) is 4.27. The average molecular weight is 359 g/mol. The van der Waals surface area contributed by atoms with Crippen molar-refractivity contribution in [3.8, 4) is 0 Å². The van der Waals surface area contributed by atoms with Crippen LogP contribution in [0, 0.1) is 5.41 Å². The van der Waals surface area contributed by atoms with Crippen molar-refractivity contribution in [2.24, 2.45) is 12.5 Å². The smallest absolute Gasteiger partial charge is 0.255 e. The zero-order valence-corrected chi connectivity index (χ0v) is 15.9. The van der Waals surface area contributed by atoms with E-state index in [1.165, 1.54) is 10.6 Å². The zero-order valence-electron chi connectivity index (χ0n) is 15.9. The van der Waals surface area contributed by atoms with Gasteiger partial charge in [-0.2, -0.15) is 0 Å². The highest BCUT2D eigenvalue weighted by atomic mass is 16.2.